The van der Waals surface area contributed by atoms with Gasteiger partial charge in [0, 0.05) is 37.9 Å². The highest BCUT2D eigenvalue weighted by Crippen LogP contribution is 2.37. The Bertz CT molecular complexity index is 370. The predicted molar refractivity (Wildman–Crippen MR) is 62.0 cm³/mol. The number of carbonyl (C=O) groups is 1. The first-order valence-electron chi connectivity index (χ1n) is 5.90. The van der Waals surface area contributed by atoms with Crippen molar-refractivity contribution in [2.24, 2.45) is 11.8 Å². The van der Waals surface area contributed by atoms with Crippen molar-refractivity contribution in [1.29, 1.82) is 0 Å². The topological polar surface area (TPSA) is 55.8 Å². The molecule has 17 heavy (non-hydrogen) atoms. The minimum atomic E-state index is -0.777. The maximum atomic E-state index is 11.5. The van der Waals surface area contributed by atoms with Gasteiger partial charge in [0.2, 0.25) is 0 Å². The lowest BCUT2D eigenvalue weighted by Crippen LogP contribution is -2.29. The van der Waals surface area contributed by atoms with Crippen LogP contribution in [0.15, 0.2) is 23.5 Å². The fourth-order valence-electron chi connectivity index (χ4n) is 2.43. The summed E-state index contributed by atoms with van der Waals surface area (Å²) in [7, 11) is 1.48. The molecule has 1 saturated heterocycles. The second kappa shape index (κ2) is 5.02. The van der Waals surface area contributed by atoms with Gasteiger partial charge < -0.3 is 14.6 Å². The summed E-state index contributed by atoms with van der Waals surface area (Å²) in [5.74, 6) is 1.09. The van der Waals surface area contributed by atoms with Crippen LogP contribution in [-0.2, 0) is 14.3 Å². The molecule has 0 radical (unpaired) electrons. The van der Waals surface area contributed by atoms with Crippen molar-refractivity contribution in [2.75, 3.05) is 13.7 Å². The Kier molecular flexibility index (Phi) is 3.64. The summed E-state index contributed by atoms with van der Waals surface area (Å²) in [5.41, 5.74) is 1.18. The number of ketones is 1. The van der Waals surface area contributed by atoms with Gasteiger partial charge in [-0.25, -0.2) is 0 Å². The van der Waals surface area contributed by atoms with Gasteiger partial charge in [0.1, 0.15) is 5.76 Å². The molecular weight excluding hydrogens is 220 g/mol. The number of fused-ring (bicyclic) bond motifs is 2. The fourth-order valence-corrected chi connectivity index (χ4v) is 2.43. The number of ether oxygens (including phenoxy) is 2. The standard InChI is InChI=1S/C13H18O4/c1-8-11-4-3-10(14)6-12(8)17-7-9(11)5-13(15)16-2/h4,6,8-9,13,15H,3,5,7H2,1-2H3. The third-order valence-electron chi connectivity index (χ3n) is 3.45. The van der Waals surface area contributed by atoms with Gasteiger partial charge in [0.25, 0.3) is 0 Å². The number of methoxy groups -OCH3 is 1. The van der Waals surface area contributed by atoms with E-state index in [9.17, 15) is 9.90 Å². The van der Waals surface area contributed by atoms with Crippen LogP contribution in [0.2, 0.25) is 0 Å². The van der Waals surface area contributed by atoms with E-state index in [2.05, 4.69) is 0 Å². The molecule has 3 unspecified atom stereocenters. The highest BCUT2D eigenvalue weighted by Gasteiger charge is 2.32. The first kappa shape index (κ1) is 12.3. The van der Waals surface area contributed by atoms with E-state index < -0.39 is 6.29 Å². The van der Waals surface area contributed by atoms with E-state index >= 15 is 0 Å². The second-order valence-corrected chi connectivity index (χ2v) is 4.58. The van der Waals surface area contributed by atoms with Crippen molar-refractivity contribution < 1.29 is 19.4 Å². The van der Waals surface area contributed by atoms with Gasteiger partial charge in [-0.15, -0.1) is 0 Å². The molecule has 0 amide bonds. The van der Waals surface area contributed by atoms with Crippen molar-refractivity contribution >= 4 is 5.78 Å². The van der Waals surface area contributed by atoms with E-state index in [0.29, 0.717) is 19.4 Å². The molecule has 2 rings (SSSR count). The normalized spacial score (nSPS) is 29.9. The second-order valence-electron chi connectivity index (χ2n) is 4.58. The van der Waals surface area contributed by atoms with Gasteiger partial charge >= 0.3 is 0 Å². The van der Waals surface area contributed by atoms with Gasteiger partial charge in [-0.05, 0) is 0 Å². The quantitative estimate of drug-likeness (QED) is 0.596. The van der Waals surface area contributed by atoms with Crippen LogP contribution >= 0.6 is 0 Å². The molecule has 2 aliphatic rings. The maximum absolute atomic E-state index is 11.5. The Morgan fingerprint density at radius 2 is 2.41 bits per heavy atom. The molecule has 0 aromatic rings. The van der Waals surface area contributed by atoms with E-state index in [0.717, 1.165) is 5.76 Å². The zero-order chi connectivity index (χ0) is 12.4. The molecule has 4 nitrogen and oxygen atoms in total. The summed E-state index contributed by atoms with van der Waals surface area (Å²) in [4.78, 5) is 11.5. The Hall–Kier alpha value is -1.13. The number of aliphatic hydroxyl groups is 1. The average Bonchev–Trinajstić information content (AvgIpc) is 2.39. The Morgan fingerprint density at radius 3 is 3.12 bits per heavy atom. The van der Waals surface area contributed by atoms with Crippen molar-refractivity contribution in [3.05, 3.63) is 23.5 Å². The van der Waals surface area contributed by atoms with Crippen LogP contribution in [0, 0.1) is 11.8 Å². The highest BCUT2D eigenvalue weighted by molar-refractivity contribution is 5.92. The lowest BCUT2D eigenvalue weighted by atomic mass is 9.84. The van der Waals surface area contributed by atoms with Crippen LogP contribution in [0.5, 0.6) is 0 Å². The average molecular weight is 238 g/mol. The third kappa shape index (κ3) is 2.58. The van der Waals surface area contributed by atoms with Crippen LogP contribution in [-0.4, -0.2) is 30.9 Å². The zero-order valence-corrected chi connectivity index (χ0v) is 10.2. The zero-order valence-electron chi connectivity index (χ0n) is 10.2. The molecule has 1 heterocycles. The Labute approximate surface area is 101 Å². The fraction of sp³-hybridized carbons (Fsp3) is 0.615. The number of aliphatic hydroxyl groups excluding tert-OH is 1. The number of hydrogen-bond acceptors (Lipinski definition) is 4. The van der Waals surface area contributed by atoms with E-state index in [1.54, 1.807) is 6.08 Å². The molecule has 1 N–H and O–H groups in total. The van der Waals surface area contributed by atoms with E-state index in [1.807, 2.05) is 13.0 Å². The monoisotopic (exact) mass is 238 g/mol. The van der Waals surface area contributed by atoms with Gasteiger partial charge in [-0.1, -0.05) is 18.6 Å². The third-order valence-corrected chi connectivity index (χ3v) is 3.45. The molecule has 94 valence electrons. The van der Waals surface area contributed by atoms with Gasteiger partial charge in [-0.3, -0.25) is 4.79 Å². The molecule has 3 atom stereocenters. The number of allylic oxidation sites excluding steroid dienone is 3. The van der Waals surface area contributed by atoms with E-state index in [-0.39, 0.29) is 17.6 Å². The lowest BCUT2D eigenvalue weighted by molar-refractivity contribution is -0.114. The highest BCUT2D eigenvalue weighted by atomic mass is 16.6. The van der Waals surface area contributed by atoms with Crippen LogP contribution in [0.3, 0.4) is 0 Å². The van der Waals surface area contributed by atoms with Crippen LogP contribution < -0.4 is 0 Å². The van der Waals surface area contributed by atoms with Crippen molar-refractivity contribution in [3.8, 4) is 0 Å². The van der Waals surface area contributed by atoms with Gasteiger partial charge in [0.05, 0.1) is 6.61 Å². The summed E-state index contributed by atoms with van der Waals surface area (Å²) < 4.78 is 10.5. The smallest absolute Gasteiger partial charge is 0.162 e. The van der Waals surface area contributed by atoms with Gasteiger partial charge in [0.15, 0.2) is 12.1 Å². The molecule has 0 aromatic heterocycles. The summed E-state index contributed by atoms with van der Waals surface area (Å²) in [5, 5.41) is 9.53. The Morgan fingerprint density at radius 1 is 1.65 bits per heavy atom. The molecule has 1 aliphatic heterocycles. The molecule has 1 aliphatic carbocycles. The number of carbonyl (C=O) groups excluding carboxylic acids is 1. The molecule has 0 aromatic carbocycles. The van der Waals surface area contributed by atoms with Crippen LogP contribution in [0.1, 0.15) is 19.8 Å². The van der Waals surface area contributed by atoms with Crippen molar-refractivity contribution in [2.45, 2.75) is 26.1 Å². The lowest BCUT2D eigenvalue weighted by Gasteiger charge is -2.33. The van der Waals surface area contributed by atoms with Crippen LogP contribution in [0.25, 0.3) is 0 Å². The largest absolute Gasteiger partial charge is 0.497 e. The minimum absolute atomic E-state index is 0.0785. The molecule has 1 fully saturated rings. The summed E-state index contributed by atoms with van der Waals surface area (Å²) in [6.45, 7) is 2.54. The van der Waals surface area contributed by atoms with Crippen molar-refractivity contribution in [3.63, 3.8) is 0 Å². The molecule has 0 spiro atoms. The van der Waals surface area contributed by atoms with E-state index in [1.165, 1.54) is 12.7 Å². The first-order valence-corrected chi connectivity index (χ1v) is 5.90. The number of hydrogen-bond donors (Lipinski definition) is 1. The summed E-state index contributed by atoms with van der Waals surface area (Å²) in [6, 6.07) is 0. The van der Waals surface area contributed by atoms with Crippen molar-refractivity contribution in [1.82, 2.24) is 0 Å². The molecular formula is C13H18O4. The molecule has 2 bridgehead atoms. The first-order chi connectivity index (χ1) is 8.11. The predicted octanol–water partition coefficient (Wildman–Crippen LogP) is 1.41. The van der Waals surface area contributed by atoms with E-state index in [4.69, 9.17) is 9.47 Å². The van der Waals surface area contributed by atoms with Crippen LogP contribution in [0.4, 0.5) is 0 Å². The maximum Gasteiger partial charge on any atom is 0.162 e. The number of rotatable bonds is 3. The summed E-state index contributed by atoms with van der Waals surface area (Å²) >= 11 is 0. The Balaban J connectivity index is 2.18. The van der Waals surface area contributed by atoms with Gasteiger partial charge in [-0.2, -0.15) is 0 Å². The summed E-state index contributed by atoms with van der Waals surface area (Å²) in [6.07, 6.45) is 3.73. The minimum Gasteiger partial charge on any atom is -0.497 e. The molecule has 0 saturated carbocycles. The SMILES string of the molecule is COC(O)CC1COC2=CC(=O)CC=C1C2C. The molecule has 4 heteroatoms.